The number of rotatable bonds is 3. The molecule has 0 aliphatic carbocycles. The van der Waals surface area contributed by atoms with E-state index in [9.17, 15) is 4.79 Å². The number of carbonyl (C=O) groups is 1. The minimum absolute atomic E-state index is 0.0857. The summed E-state index contributed by atoms with van der Waals surface area (Å²) in [6.07, 6.45) is 3.62. The SMILES string of the molecule is COC(=O)c1cnn(C)c1OC1CCCNC1. The summed E-state index contributed by atoms with van der Waals surface area (Å²) in [6, 6.07) is 0. The molecule has 1 aliphatic heterocycles. The Morgan fingerprint density at radius 2 is 2.47 bits per heavy atom. The number of nitrogens with zero attached hydrogens (tertiary/aromatic N) is 2. The van der Waals surface area contributed by atoms with Gasteiger partial charge in [-0.05, 0) is 19.4 Å². The fourth-order valence-electron chi connectivity index (χ4n) is 1.89. The number of ether oxygens (including phenoxy) is 2. The van der Waals surface area contributed by atoms with Gasteiger partial charge in [-0.1, -0.05) is 0 Å². The quantitative estimate of drug-likeness (QED) is 0.770. The predicted molar refractivity (Wildman–Crippen MR) is 61.1 cm³/mol. The molecule has 0 amide bonds. The molecule has 1 saturated heterocycles. The lowest BCUT2D eigenvalue weighted by molar-refractivity contribution is 0.0590. The van der Waals surface area contributed by atoms with Gasteiger partial charge in [0, 0.05) is 13.6 Å². The molecule has 1 fully saturated rings. The Labute approximate surface area is 99.9 Å². The lowest BCUT2D eigenvalue weighted by Gasteiger charge is -2.24. The second-order valence-corrected chi connectivity index (χ2v) is 4.06. The van der Waals surface area contributed by atoms with Crippen LogP contribution in [0.3, 0.4) is 0 Å². The number of piperidine rings is 1. The van der Waals surface area contributed by atoms with Gasteiger partial charge >= 0.3 is 5.97 Å². The van der Waals surface area contributed by atoms with E-state index in [0.29, 0.717) is 11.4 Å². The van der Waals surface area contributed by atoms with Crippen LogP contribution in [-0.2, 0) is 11.8 Å². The van der Waals surface area contributed by atoms with Crippen LogP contribution in [0.1, 0.15) is 23.2 Å². The Hall–Kier alpha value is -1.56. The fourth-order valence-corrected chi connectivity index (χ4v) is 1.89. The molecule has 0 saturated carbocycles. The third-order valence-electron chi connectivity index (χ3n) is 2.82. The van der Waals surface area contributed by atoms with Gasteiger partial charge in [0.1, 0.15) is 11.7 Å². The third kappa shape index (κ3) is 2.58. The average Bonchev–Trinajstić information content (AvgIpc) is 2.72. The highest BCUT2D eigenvalue weighted by atomic mass is 16.5. The Bertz CT molecular complexity index is 397. The zero-order valence-corrected chi connectivity index (χ0v) is 10.1. The van der Waals surface area contributed by atoms with Crippen molar-refractivity contribution in [2.75, 3.05) is 20.2 Å². The van der Waals surface area contributed by atoms with Crippen LogP contribution in [0.5, 0.6) is 5.88 Å². The second kappa shape index (κ2) is 5.18. The standard InChI is InChI=1S/C11H17N3O3/c1-14-10(9(7-13-14)11(15)16-2)17-8-4-3-5-12-6-8/h7-8,12H,3-6H2,1-2H3. The van der Waals surface area contributed by atoms with Gasteiger partial charge in [-0.2, -0.15) is 5.10 Å². The molecule has 1 aromatic heterocycles. The van der Waals surface area contributed by atoms with E-state index in [1.165, 1.54) is 13.3 Å². The molecular formula is C11H17N3O3. The molecule has 0 spiro atoms. The molecule has 2 rings (SSSR count). The molecule has 17 heavy (non-hydrogen) atoms. The fraction of sp³-hybridized carbons (Fsp3) is 0.636. The minimum Gasteiger partial charge on any atom is -0.473 e. The van der Waals surface area contributed by atoms with E-state index < -0.39 is 5.97 Å². The molecule has 1 aromatic rings. The summed E-state index contributed by atoms with van der Waals surface area (Å²) in [5.74, 6) is 0.0578. The van der Waals surface area contributed by atoms with Crippen molar-refractivity contribution in [3.8, 4) is 5.88 Å². The highest BCUT2D eigenvalue weighted by Crippen LogP contribution is 2.21. The van der Waals surface area contributed by atoms with Gasteiger partial charge in [-0.15, -0.1) is 0 Å². The number of methoxy groups -OCH3 is 1. The molecule has 94 valence electrons. The van der Waals surface area contributed by atoms with E-state index in [-0.39, 0.29) is 6.10 Å². The first-order chi connectivity index (χ1) is 8.22. The molecule has 1 aliphatic rings. The smallest absolute Gasteiger partial charge is 0.345 e. The zero-order chi connectivity index (χ0) is 12.3. The number of aromatic nitrogens is 2. The number of hydrogen-bond donors (Lipinski definition) is 1. The molecule has 1 atom stereocenters. The van der Waals surface area contributed by atoms with Crippen LogP contribution in [-0.4, -0.2) is 42.1 Å². The van der Waals surface area contributed by atoms with E-state index in [1.807, 2.05) is 0 Å². The summed E-state index contributed by atoms with van der Waals surface area (Å²) >= 11 is 0. The lowest BCUT2D eigenvalue weighted by atomic mass is 10.1. The first kappa shape index (κ1) is 11.9. The summed E-state index contributed by atoms with van der Waals surface area (Å²) in [5, 5.41) is 7.28. The van der Waals surface area contributed by atoms with Crippen LogP contribution < -0.4 is 10.1 Å². The van der Waals surface area contributed by atoms with Crippen molar-refractivity contribution in [1.29, 1.82) is 0 Å². The summed E-state index contributed by atoms with van der Waals surface area (Å²) in [5.41, 5.74) is 0.376. The number of nitrogens with one attached hydrogen (secondary N) is 1. The Morgan fingerprint density at radius 1 is 1.65 bits per heavy atom. The van der Waals surface area contributed by atoms with Crippen LogP contribution in [0.2, 0.25) is 0 Å². The van der Waals surface area contributed by atoms with Gasteiger partial charge < -0.3 is 14.8 Å². The van der Waals surface area contributed by atoms with Crippen LogP contribution >= 0.6 is 0 Å². The average molecular weight is 239 g/mol. The van der Waals surface area contributed by atoms with E-state index in [4.69, 9.17) is 9.47 Å². The Kier molecular flexibility index (Phi) is 3.63. The van der Waals surface area contributed by atoms with Gasteiger partial charge in [-0.3, -0.25) is 0 Å². The van der Waals surface area contributed by atoms with E-state index >= 15 is 0 Å². The van der Waals surface area contributed by atoms with Crippen molar-refractivity contribution < 1.29 is 14.3 Å². The number of hydrogen-bond acceptors (Lipinski definition) is 5. The topological polar surface area (TPSA) is 65.4 Å². The number of carbonyl (C=O) groups excluding carboxylic acids is 1. The normalized spacial score (nSPS) is 20.0. The monoisotopic (exact) mass is 239 g/mol. The maximum absolute atomic E-state index is 11.5. The van der Waals surface area contributed by atoms with Crippen molar-refractivity contribution >= 4 is 5.97 Å². The lowest BCUT2D eigenvalue weighted by Crippen LogP contribution is -2.37. The summed E-state index contributed by atoms with van der Waals surface area (Å²) in [7, 11) is 3.10. The van der Waals surface area contributed by atoms with E-state index in [2.05, 4.69) is 10.4 Å². The summed E-state index contributed by atoms with van der Waals surface area (Å²) in [4.78, 5) is 11.5. The molecule has 6 heteroatoms. The molecule has 0 aromatic carbocycles. The Morgan fingerprint density at radius 3 is 3.12 bits per heavy atom. The van der Waals surface area contributed by atoms with Crippen molar-refractivity contribution in [3.63, 3.8) is 0 Å². The first-order valence-corrected chi connectivity index (χ1v) is 5.70. The number of esters is 1. The molecular weight excluding hydrogens is 222 g/mol. The van der Waals surface area contributed by atoms with Gasteiger partial charge in [0.15, 0.2) is 0 Å². The van der Waals surface area contributed by atoms with E-state index in [1.54, 1.807) is 11.7 Å². The molecule has 0 radical (unpaired) electrons. The van der Waals surface area contributed by atoms with Gasteiger partial charge in [0.05, 0.1) is 13.3 Å². The van der Waals surface area contributed by atoms with Crippen molar-refractivity contribution in [3.05, 3.63) is 11.8 Å². The highest BCUT2D eigenvalue weighted by molar-refractivity contribution is 5.91. The van der Waals surface area contributed by atoms with Gasteiger partial charge in [0.2, 0.25) is 5.88 Å². The first-order valence-electron chi connectivity index (χ1n) is 5.70. The molecule has 2 heterocycles. The minimum atomic E-state index is -0.420. The summed E-state index contributed by atoms with van der Waals surface area (Å²) < 4.78 is 12.1. The van der Waals surface area contributed by atoms with Crippen LogP contribution in [0.4, 0.5) is 0 Å². The molecule has 1 N–H and O–H groups in total. The largest absolute Gasteiger partial charge is 0.473 e. The van der Waals surface area contributed by atoms with E-state index in [0.717, 1.165) is 25.9 Å². The van der Waals surface area contributed by atoms with Crippen molar-refractivity contribution in [2.45, 2.75) is 18.9 Å². The zero-order valence-electron chi connectivity index (χ0n) is 10.1. The third-order valence-corrected chi connectivity index (χ3v) is 2.82. The van der Waals surface area contributed by atoms with Crippen molar-refractivity contribution in [2.24, 2.45) is 7.05 Å². The Balaban J connectivity index is 2.13. The molecule has 6 nitrogen and oxygen atoms in total. The highest BCUT2D eigenvalue weighted by Gasteiger charge is 2.22. The van der Waals surface area contributed by atoms with Crippen LogP contribution in [0, 0.1) is 0 Å². The van der Waals surface area contributed by atoms with Gasteiger partial charge in [0.25, 0.3) is 0 Å². The molecule has 1 unspecified atom stereocenters. The second-order valence-electron chi connectivity index (χ2n) is 4.06. The summed E-state index contributed by atoms with van der Waals surface area (Å²) in [6.45, 7) is 1.82. The maximum Gasteiger partial charge on any atom is 0.345 e. The predicted octanol–water partition coefficient (Wildman–Crippen LogP) is 0.337. The van der Waals surface area contributed by atoms with Crippen LogP contribution in [0.15, 0.2) is 6.20 Å². The van der Waals surface area contributed by atoms with Gasteiger partial charge in [-0.25, -0.2) is 9.48 Å². The number of aryl methyl sites for hydroxylation is 1. The van der Waals surface area contributed by atoms with Crippen LogP contribution in [0.25, 0.3) is 0 Å². The van der Waals surface area contributed by atoms with Crippen molar-refractivity contribution in [1.82, 2.24) is 15.1 Å². The molecule has 0 bridgehead atoms. The maximum atomic E-state index is 11.5.